The molecule has 4 aliphatic heterocycles. The molecular formula is C78H51B2N5OS. The van der Waals surface area contributed by atoms with E-state index in [9.17, 15) is 0 Å². The molecule has 14 aromatic rings. The minimum Gasteiger partial charge on any atom is -0.458 e. The number of benzene rings is 13. The zero-order valence-electron chi connectivity index (χ0n) is 47.2. The third-order valence-electron chi connectivity index (χ3n) is 18.0. The van der Waals surface area contributed by atoms with E-state index in [2.05, 4.69) is 334 Å². The number of fused-ring (bicyclic) bond motifs is 11. The molecule has 0 aliphatic carbocycles. The summed E-state index contributed by atoms with van der Waals surface area (Å²) in [6.45, 7) is -0.253. The lowest BCUT2D eigenvalue weighted by atomic mass is 9.31. The summed E-state index contributed by atoms with van der Waals surface area (Å²) < 4.78 is 9.60. The lowest BCUT2D eigenvalue weighted by Gasteiger charge is -2.46. The monoisotopic (exact) mass is 1130 g/mol. The quantitative estimate of drug-likeness (QED) is 0.134. The first-order chi connectivity index (χ1) is 43.2. The van der Waals surface area contributed by atoms with Gasteiger partial charge in [-0.1, -0.05) is 199 Å². The van der Waals surface area contributed by atoms with Gasteiger partial charge in [-0.3, -0.25) is 0 Å². The highest BCUT2D eigenvalue weighted by Gasteiger charge is 2.47. The Morgan fingerprint density at radius 1 is 0.287 bits per heavy atom. The average Bonchev–Trinajstić information content (AvgIpc) is 1.17. The minimum atomic E-state index is -0.160. The van der Waals surface area contributed by atoms with Crippen molar-refractivity contribution in [1.82, 2.24) is 4.57 Å². The summed E-state index contributed by atoms with van der Waals surface area (Å²) in [4.78, 5) is 12.3. The van der Waals surface area contributed by atoms with Crippen LogP contribution in [-0.4, -0.2) is 18.0 Å². The van der Waals surface area contributed by atoms with Crippen LogP contribution in [0.1, 0.15) is 0 Å². The fourth-order valence-corrected chi connectivity index (χ4v) is 15.7. The van der Waals surface area contributed by atoms with Crippen LogP contribution in [-0.2, 0) is 0 Å². The summed E-state index contributed by atoms with van der Waals surface area (Å²) in [6, 6.07) is 113. The maximum Gasteiger partial charge on any atom is 0.253 e. The van der Waals surface area contributed by atoms with Gasteiger partial charge in [0.05, 0.1) is 33.8 Å². The SMILES string of the molecule is c1ccc(N(c2ccccc2)c2cc3c4c(c2)Sc2cc5c(cc2B4c2ccccc2O3)B2c3ccccc3N(c3ccccc3-n3c4ccccc4c4ccccc43)c3cc(N(c4ccccc4)c4ccccc4)cc(c32)N5c2ccccc2)cc1. The van der Waals surface area contributed by atoms with Gasteiger partial charge in [0.1, 0.15) is 11.5 Å². The predicted octanol–water partition coefficient (Wildman–Crippen LogP) is 16.9. The van der Waals surface area contributed by atoms with Crippen LogP contribution in [0.3, 0.4) is 0 Å². The van der Waals surface area contributed by atoms with Gasteiger partial charge in [0, 0.05) is 77.8 Å². The smallest absolute Gasteiger partial charge is 0.253 e. The van der Waals surface area contributed by atoms with Gasteiger partial charge in [-0.15, -0.1) is 0 Å². The number of hydrogen-bond donors (Lipinski definition) is 0. The standard InChI is InChI=1S/C78H51B2N5OS/c1-6-26-52(27-7-1)81(53-28-8-2-9-29-53)57-46-71-77-72(47-57)85(69-44-24-23-43-68(69)84-65-40-20-16-36-59(65)60-37-17-21-41-66(60)84)67-42-22-18-38-61(67)79(77)63-50-64-75(51-70(63)83(71)56-34-14-5-15-35-56)87-76-49-58(48-74-78(76)80(64)62-39-19-25-45-73(62)86-74)82(54-30-10-3-11-31-54)55-32-12-4-13-33-55/h1-51H. The molecule has 0 spiro atoms. The van der Waals surface area contributed by atoms with Crippen LogP contribution < -0.4 is 57.1 Å². The molecule has 0 unspecified atom stereocenters. The molecule has 0 saturated heterocycles. The van der Waals surface area contributed by atoms with Gasteiger partial charge < -0.3 is 28.9 Å². The Bertz CT molecular complexity index is 4910. The first-order valence-electron chi connectivity index (χ1n) is 29.8. The molecule has 0 N–H and O–H groups in total. The van der Waals surface area contributed by atoms with Gasteiger partial charge in [0.15, 0.2) is 0 Å². The van der Waals surface area contributed by atoms with Crippen LogP contribution in [0.2, 0.25) is 0 Å². The van der Waals surface area contributed by atoms with E-state index >= 15 is 0 Å². The minimum absolute atomic E-state index is 0.0930. The van der Waals surface area contributed by atoms with E-state index in [0.717, 1.165) is 96.5 Å². The molecule has 0 amide bonds. The molecule has 0 saturated carbocycles. The Morgan fingerprint density at radius 3 is 1.37 bits per heavy atom. The number of para-hydroxylation sites is 11. The highest BCUT2D eigenvalue weighted by atomic mass is 32.2. The van der Waals surface area contributed by atoms with Crippen molar-refractivity contribution in [3.63, 3.8) is 0 Å². The summed E-state index contributed by atoms with van der Waals surface area (Å²) in [5, 5.41) is 2.45. The molecule has 5 heterocycles. The van der Waals surface area contributed by atoms with E-state index in [1.54, 1.807) is 0 Å². The Morgan fingerprint density at radius 2 is 0.759 bits per heavy atom. The van der Waals surface area contributed by atoms with Crippen molar-refractivity contribution < 1.29 is 4.74 Å². The van der Waals surface area contributed by atoms with Crippen molar-refractivity contribution in [2.45, 2.75) is 9.79 Å². The molecule has 0 atom stereocenters. The maximum atomic E-state index is 7.12. The number of hydrogen-bond acceptors (Lipinski definition) is 6. The number of aromatic nitrogens is 1. The molecule has 13 aromatic carbocycles. The van der Waals surface area contributed by atoms with Gasteiger partial charge >= 0.3 is 0 Å². The lowest BCUT2D eigenvalue weighted by molar-refractivity contribution is 0.486. The van der Waals surface area contributed by atoms with Crippen molar-refractivity contribution >= 4 is 148 Å². The zero-order valence-corrected chi connectivity index (χ0v) is 48.0. The van der Waals surface area contributed by atoms with Crippen LogP contribution in [0.15, 0.2) is 319 Å². The van der Waals surface area contributed by atoms with E-state index in [0.29, 0.717) is 0 Å². The second kappa shape index (κ2) is 19.9. The molecule has 406 valence electrons. The second-order valence-electron chi connectivity index (χ2n) is 22.7. The van der Waals surface area contributed by atoms with Crippen LogP contribution in [0, 0.1) is 0 Å². The lowest BCUT2D eigenvalue weighted by Crippen LogP contribution is -2.64. The Kier molecular flexibility index (Phi) is 11.3. The summed E-state index contributed by atoms with van der Waals surface area (Å²) in [7, 11) is 0. The fourth-order valence-electron chi connectivity index (χ4n) is 14.5. The number of anilines is 12. The molecule has 6 nitrogen and oxygen atoms in total. The molecule has 1 aromatic heterocycles. The van der Waals surface area contributed by atoms with E-state index < -0.39 is 0 Å². The third-order valence-corrected chi connectivity index (χ3v) is 19.1. The topological polar surface area (TPSA) is 27.1 Å². The van der Waals surface area contributed by atoms with Gasteiger partial charge in [-0.05, 0) is 149 Å². The molecule has 0 fully saturated rings. The normalized spacial score (nSPS) is 13.0. The number of nitrogens with zero attached hydrogens (tertiary/aromatic N) is 5. The van der Waals surface area contributed by atoms with Gasteiger partial charge in [-0.2, -0.15) is 0 Å². The summed E-state index contributed by atoms with van der Waals surface area (Å²) >= 11 is 1.86. The van der Waals surface area contributed by atoms with Crippen LogP contribution in [0.25, 0.3) is 27.5 Å². The Labute approximate surface area is 510 Å². The van der Waals surface area contributed by atoms with Crippen LogP contribution in [0.4, 0.5) is 68.2 Å². The molecule has 0 bridgehead atoms. The Balaban J connectivity index is 0.917. The van der Waals surface area contributed by atoms with Crippen molar-refractivity contribution in [2.24, 2.45) is 0 Å². The second-order valence-corrected chi connectivity index (χ2v) is 23.8. The highest BCUT2D eigenvalue weighted by molar-refractivity contribution is 8.00. The van der Waals surface area contributed by atoms with Crippen molar-refractivity contribution in [1.29, 1.82) is 0 Å². The maximum absolute atomic E-state index is 7.12. The molecule has 0 radical (unpaired) electrons. The van der Waals surface area contributed by atoms with E-state index in [-0.39, 0.29) is 13.4 Å². The average molecular weight is 1130 g/mol. The van der Waals surface area contributed by atoms with Gasteiger partial charge in [0.2, 0.25) is 0 Å². The third kappa shape index (κ3) is 7.72. The highest BCUT2D eigenvalue weighted by Crippen LogP contribution is 2.51. The van der Waals surface area contributed by atoms with Crippen LogP contribution in [0.5, 0.6) is 11.5 Å². The summed E-state index contributed by atoms with van der Waals surface area (Å²) in [6.07, 6.45) is 0. The predicted molar refractivity (Wildman–Crippen MR) is 366 cm³/mol. The van der Waals surface area contributed by atoms with Crippen molar-refractivity contribution in [3.05, 3.63) is 309 Å². The molecular weight excluding hydrogens is 1080 g/mol. The first kappa shape index (κ1) is 49.6. The van der Waals surface area contributed by atoms with Gasteiger partial charge in [0.25, 0.3) is 13.4 Å². The Hall–Kier alpha value is -10.9. The van der Waals surface area contributed by atoms with Crippen LogP contribution >= 0.6 is 11.8 Å². The molecule has 18 rings (SSSR count). The van der Waals surface area contributed by atoms with Crippen molar-refractivity contribution in [2.75, 3.05) is 19.6 Å². The van der Waals surface area contributed by atoms with E-state index in [4.69, 9.17) is 4.74 Å². The number of rotatable bonds is 9. The van der Waals surface area contributed by atoms with Gasteiger partial charge in [-0.25, -0.2) is 0 Å². The number of ether oxygens (including phenoxy) is 1. The van der Waals surface area contributed by atoms with Crippen molar-refractivity contribution in [3.8, 4) is 17.2 Å². The van der Waals surface area contributed by atoms with E-state index in [1.165, 1.54) is 53.3 Å². The zero-order chi connectivity index (χ0) is 57.1. The summed E-state index contributed by atoms with van der Waals surface area (Å²) in [5.74, 6) is 1.76. The first-order valence-corrected chi connectivity index (χ1v) is 30.6. The fraction of sp³-hybridized carbons (Fsp3) is 0. The molecule has 9 heteroatoms. The van der Waals surface area contributed by atoms with E-state index in [1.807, 2.05) is 11.8 Å². The summed E-state index contributed by atoms with van der Waals surface area (Å²) in [5.41, 5.74) is 23.9. The molecule has 87 heavy (non-hydrogen) atoms. The molecule has 4 aliphatic rings. The largest absolute Gasteiger partial charge is 0.458 e.